The molecule has 2 aliphatic carbocycles. The molecule has 0 aromatic carbocycles. The zero-order valence-corrected chi connectivity index (χ0v) is 18.7. The standard InChI is InChI=1S/C23H39N3O3/c1-22(2,3)12-19(27)24-13-20(28)25-14-23(4)9-6-10-26(15-23)21(29)18-11-17(18)16-7-5-8-16/h16-18H,5-15H2,1-4H3,(H,24,27)(H,25,28)/t17-,18+,23?/m0/s1. The molecule has 1 heterocycles. The van der Waals surface area contributed by atoms with Crippen molar-refractivity contribution < 1.29 is 14.4 Å². The van der Waals surface area contributed by atoms with Gasteiger partial charge in [-0.15, -0.1) is 0 Å². The maximum atomic E-state index is 12.9. The first kappa shape index (κ1) is 22.1. The van der Waals surface area contributed by atoms with Gasteiger partial charge in [-0.25, -0.2) is 0 Å². The van der Waals surface area contributed by atoms with Crippen molar-refractivity contribution in [1.82, 2.24) is 15.5 Å². The van der Waals surface area contributed by atoms with Crippen LogP contribution in [0.1, 0.15) is 72.6 Å². The second-order valence-corrected chi connectivity index (χ2v) is 11.2. The summed E-state index contributed by atoms with van der Waals surface area (Å²) in [7, 11) is 0. The fourth-order valence-corrected chi connectivity index (χ4v) is 4.87. The van der Waals surface area contributed by atoms with Gasteiger partial charge in [-0.3, -0.25) is 14.4 Å². The van der Waals surface area contributed by atoms with Crippen molar-refractivity contribution in [2.75, 3.05) is 26.2 Å². The average Bonchev–Trinajstić information content (AvgIpc) is 3.34. The highest BCUT2D eigenvalue weighted by Gasteiger charge is 2.51. The minimum absolute atomic E-state index is 0.0127. The molecule has 1 unspecified atom stereocenters. The molecule has 3 aliphatic rings. The van der Waals surface area contributed by atoms with Crippen molar-refractivity contribution in [2.24, 2.45) is 28.6 Å². The number of piperidine rings is 1. The van der Waals surface area contributed by atoms with E-state index in [1.54, 1.807) is 0 Å². The van der Waals surface area contributed by atoms with E-state index in [-0.39, 0.29) is 35.1 Å². The SMILES string of the molecule is CC(C)(C)CC(=O)NCC(=O)NCC1(C)CCCN(C(=O)[C@@H]2C[C@H]2C2CCC2)C1. The molecule has 2 saturated carbocycles. The average molecular weight is 406 g/mol. The summed E-state index contributed by atoms with van der Waals surface area (Å²) in [5, 5.41) is 5.67. The lowest BCUT2D eigenvalue weighted by atomic mass is 9.80. The Morgan fingerprint density at radius 1 is 1.07 bits per heavy atom. The summed E-state index contributed by atoms with van der Waals surface area (Å²) in [5.41, 5.74) is -0.189. The molecule has 164 valence electrons. The lowest BCUT2D eigenvalue weighted by Gasteiger charge is -2.41. The summed E-state index contributed by atoms with van der Waals surface area (Å²) >= 11 is 0. The highest BCUT2D eigenvalue weighted by molar-refractivity contribution is 5.85. The molecule has 1 aliphatic heterocycles. The molecule has 3 atom stereocenters. The van der Waals surface area contributed by atoms with Crippen molar-refractivity contribution in [3.8, 4) is 0 Å². The fraction of sp³-hybridized carbons (Fsp3) is 0.870. The first-order valence-electron chi connectivity index (χ1n) is 11.4. The van der Waals surface area contributed by atoms with Crippen molar-refractivity contribution in [1.29, 1.82) is 0 Å². The predicted molar refractivity (Wildman–Crippen MR) is 113 cm³/mol. The largest absolute Gasteiger partial charge is 0.354 e. The maximum absolute atomic E-state index is 12.9. The van der Waals surface area contributed by atoms with E-state index in [2.05, 4.69) is 17.6 Å². The maximum Gasteiger partial charge on any atom is 0.239 e. The van der Waals surface area contributed by atoms with E-state index >= 15 is 0 Å². The Bertz CT molecular complexity index is 638. The molecular formula is C23H39N3O3. The number of amides is 3. The van der Waals surface area contributed by atoms with Gasteiger partial charge in [0.05, 0.1) is 6.54 Å². The van der Waals surface area contributed by atoms with Crippen LogP contribution >= 0.6 is 0 Å². The number of nitrogens with zero attached hydrogens (tertiary/aromatic N) is 1. The number of carbonyl (C=O) groups is 3. The summed E-state index contributed by atoms with van der Waals surface area (Å²) in [6.07, 6.45) is 7.43. The molecule has 0 radical (unpaired) electrons. The highest BCUT2D eigenvalue weighted by Crippen LogP contribution is 2.52. The molecule has 2 N–H and O–H groups in total. The Balaban J connectivity index is 1.40. The molecular weight excluding hydrogens is 366 g/mol. The molecule has 0 aromatic rings. The van der Waals surface area contributed by atoms with E-state index in [1.165, 1.54) is 19.3 Å². The number of rotatable bonds is 7. The van der Waals surface area contributed by atoms with Crippen molar-refractivity contribution in [2.45, 2.75) is 72.6 Å². The van der Waals surface area contributed by atoms with E-state index in [0.29, 0.717) is 24.8 Å². The van der Waals surface area contributed by atoms with E-state index in [9.17, 15) is 14.4 Å². The van der Waals surface area contributed by atoms with Gasteiger partial charge in [0.2, 0.25) is 17.7 Å². The molecule has 3 amide bonds. The Morgan fingerprint density at radius 3 is 2.41 bits per heavy atom. The predicted octanol–water partition coefficient (Wildman–Crippen LogP) is 2.72. The Morgan fingerprint density at radius 2 is 1.79 bits per heavy atom. The molecule has 29 heavy (non-hydrogen) atoms. The van der Waals surface area contributed by atoms with Crippen LogP contribution in [-0.4, -0.2) is 48.8 Å². The van der Waals surface area contributed by atoms with E-state index in [4.69, 9.17) is 0 Å². The number of nitrogens with one attached hydrogen (secondary N) is 2. The minimum atomic E-state index is -0.163. The first-order chi connectivity index (χ1) is 13.6. The normalized spacial score (nSPS) is 29.7. The molecule has 3 fully saturated rings. The zero-order chi connectivity index (χ0) is 21.2. The van der Waals surface area contributed by atoms with Gasteiger partial charge in [0.15, 0.2) is 0 Å². The van der Waals surface area contributed by atoms with Crippen LogP contribution in [0.15, 0.2) is 0 Å². The minimum Gasteiger partial charge on any atom is -0.354 e. The summed E-state index contributed by atoms with van der Waals surface area (Å²) in [6, 6.07) is 0. The molecule has 3 rings (SSSR count). The zero-order valence-electron chi connectivity index (χ0n) is 18.7. The Hall–Kier alpha value is -1.59. The van der Waals surface area contributed by atoms with Gasteiger partial charge < -0.3 is 15.5 Å². The number of hydrogen-bond donors (Lipinski definition) is 2. The third-order valence-electron chi connectivity index (χ3n) is 6.85. The summed E-state index contributed by atoms with van der Waals surface area (Å²) < 4.78 is 0. The number of carbonyl (C=O) groups excluding carboxylic acids is 3. The number of likely N-dealkylation sites (tertiary alicyclic amines) is 1. The number of hydrogen-bond acceptors (Lipinski definition) is 3. The van der Waals surface area contributed by atoms with Crippen LogP contribution in [0, 0.1) is 28.6 Å². The molecule has 0 bridgehead atoms. The third-order valence-corrected chi connectivity index (χ3v) is 6.85. The van der Waals surface area contributed by atoms with Gasteiger partial charge in [0, 0.05) is 37.4 Å². The fourth-order valence-electron chi connectivity index (χ4n) is 4.87. The van der Waals surface area contributed by atoms with E-state index in [1.807, 2.05) is 25.7 Å². The van der Waals surface area contributed by atoms with Gasteiger partial charge in [-0.1, -0.05) is 47.0 Å². The van der Waals surface area contributed by atoms with Crippen LogP contribution in [0.25, 0.3) is 0 Å². The van der Waals surface area contributed by atoms with Crippen LogP contribution in [0.2, 0.25) is 0 Å². The Labute approximate surface area is 175 Å². The lowest BCUT2D eigenvalue weighted by molar-refractivity contribution is -0.136. The monoisotopic (exact) mass is 405 g/mol. The van der Waals surface area contributed by atoms with Crippen molar-refractivity contribution >= 4 is 17.7 Å². The van der Waals surface area contributed by atoms with Crippen LogP contribution in [0.4, 0.5) is 0 Å². The second kappa shape index (κ2) is 8.65. The molecule has 0 aromatic heterocycles. The summed E-state index contributed by atoms with van der Waals surface area (Å²) in [4.78, 5) is 39.0. The lowest BCUT2D eigenvalue weighted by Crippen LogP contribution is -2.51. The van der Waals surface area contributed by atoms with Gasteiger partial charge in [-0.05, 0) is 36.5 Å². The molecule has 6 heteroatoms. The smallest absolute Gasteiger partial charge is 0.239 e. The van der Waals surface area contributed by atoms with E-state index < -0.39 is 0 Å². The van der Waals surface area contributed by atoms with Crippen LogP contribution in [0.5, 0.6) is 0 Å². The molecule has 6 nitrogen and oxygen atoms in total. The van der Waals surface area contributed by atoms with Gasteiger partial charge in [0.1, 0.15) is 0 Å². The van der Waals surface area contributed by atoms with Crippen LogP contribution in [0.3, 0.4) is 0 Å². The topological polar surface area (TPSA) is 78.5 Å². The second-order valence-electron chi connectivity index (χ2n) is 11.2. The quantitative estimate of drug-likeness (QED) is 0.684. The van der Waals surface area contributed by atoms with Crippen molar-refractivity contribution in [3.63, 3.8) is 0 Å². The first-order valence-corrected chi connectivity index (χ1v) is 11.4. The van der Waals surface area contributed by atoms with E-state index in [0.717, 1.165) is 38.3 Å². The highest BCUT2D eigenvalue weighted by atomic mass is 16.2. The molecule has 1 saturated heterocycles. The van der Waals surface area contributed by atoms with Crippen LogP contribution in [-0.2, 0) is 14.4 Å². The Kier molecular flexibility index (Phi) is 6.59. The van der Waals surface area contributed by atoms with Gasteiger partial charge >= 0.3 is 0 Å². The summed E-state index contributed by atoms with van der Waals surface area (Å²) in [6.45, 7) is 10.3. The third kappa shape index (κ3) is 6.19. The van der Waals surface area contributed by atoms with Gasteiger partial charge in [-0.2, -0.15) is 0 Å². The summed E-state index contributed by atoms with van der Waals surface area (Å²) in [5.74, 6) is 1.78. The van der Waals surface area contributed by atoms with Crippen LogP contribution < -0.4 is 10.6 Å². The molecule has 0 spiro atoms. The van der Waals surface area contributed by atoms with Crippen molar-refractivity contribution in [3.05, 3.63) is 0 Å². The van der Waals surface area contributed by atoms with Gasteiger partial charge in [0.25, 0.3) is 0 Å².